The fourth-order valence-electron chi connectivity index (χ4n) is 1.99. The zero-order valence-electron chi connectivity index (χ0n) is 12.4. The molecule has 112 valence electrons. The van der Waals surface area contributed by atoms with Gasteiger partial charge in [-0.15, -0.1) is 0 Å². The van der Waals surface area contributed by atoms with Crippen LogP contribution in [0.25, 0.3) is 0 Å². The van der Waals surface area contributed by atoms with Gasteiger partial charge in [-0.1, -0.05) is 19.1 Å². The number of halogens is 1. The van der Waals surface area contributed by atoms with E-state index >= 15 is 0 Å². The Morgan fingerprint density at radius 1 is 1.24 bits per heavy atom. The molecule has 1 aromatic heterocycles. The first-order valence-corrected chi connectivity index (χ1v) is 6.90. The molecule has 0 fully saturated rings. The Bertz CT molecular complexity index is 607. The van der Waals surface area contributed by atoms with Crippen molar-refractivity contribution >= 4 is 11.6 Å². The van der Waals surface area contributed by atoms with E-state index in [9.17, 15) is 4.39 Å². The van der Waals surface area contributed by atoms with Crippen molar-refractivity contribution < 1.29 is 4.39 Å². The number of hydrogen-bond acceptors (Lipinski definition) is 5. The van der Waals surface area contributed by atoms with E-state index in [1.807, 2.05) is 19.9 Å². The molecule has 21 heavy (non-hydrogen) atoms. The highest BCUT2D eigenvalue weighted by molar-refractivity contribution is 5.48. The molecule has 0 bridgehead atoms. The summed E-state index contributed by atoms with van der Waals surface area (Å²) in [5.74, 6) is 7.09. The lowest BCUT2D eigenvalue weighted by molar-refractivity contribution is 0.614. The van der Waals surface area contributed by atoms with E-state index in [1.54, 1.807) is 19.1 Å². The average molecular weight is 289 g/mol. The van der Waals surface area contributed by atoms with Crippen LogP contribution < -0.4 is 16.6 Å². The molecule has 0 aliphatic rings. The maximum Gasteiger partial charge on any atom is 0.145 e. The van der Waals surface area contributed by atoms with Crippen LogP contribution in [0.3, 0.4) is 0 Å². The second kappa shape index (κ2) is 6.49. The Morgan fingerprint density at radius 3 is 2.57 bits per heavy atom. The minimum atomic E-state index is -0.206. The SMILES string of the molecule is CCc1nc(NN)cc(NC(C)c2ccc(C)c(F)c2)n1. The van der Waals surface area contributed by atoms with Crippen LogP contribution >= 0.6 is 0 Å². The molecule has 5 nitrogen and oxygen atoms in total. The Morgan fingerprint density at radius 2 is 1.95 bits per heavy atom. The fraction of sp³-hybridized carbons (Fsp3) is 0.333. The number of hydrogen-bond donors (Lipinski definition) is 3. The maximum absolute atomic E-state index is 13.6. The molecule has 0 saturated heterocycles. The molecule has 1 unspecified atom stereocenters. The van der Waals surface area contributed by atoms with Gasteiger partial charge in [0.1, 0.15) is 23.3 Å². The van der Waals surface area contributed by atoms with Crippen molar-refractivity contribution in [3.05, 3.63) is 47.0 Å². The van der Waals surface area contributed by atoms with Gasteiger partial charge in [0.25, 0.3) is 0 Å². The monoisotopic (exact) mass is 289 g/mol. The van der Waals surface area contributed by atoms with Crippen molar-refractivity contribution in [3.63, 3.8) is 0 Å². The first kappa shape index (κ1) is 15.2. The number of nitrogens with two attached hydrogens (primary N) is 1. The number of benzene rings is 1. The summed E-state index contributed by atoms with van der Waals surface area (Å²) in [6.45, 7) is 5.67. The van der Waals surface area contributed by atoms with Gasteiger partial charge < -0.3 is 10.7 Å². The molecule has 4 N–H and O–H groups in total. The van der Waals surface area contributed by atoms with Crippen LogP contribution in [0.1, 0.15) is 36.8 Å². The second-order valence-corrected chi connectivity index (χ2v) is 4.93. The van der Waals surface area contributed by atoms with Crippen LogP contribution in [0.4, 0.5) is 16.0 Å². The number of aromatic nitrogens is 2. The van der Waals surface area contributed by atoms with E-state index < -0.39 is 0 Å². The molecule has 2 aromatic rings. The zero-order valence-corrected chi connectivity index (χ0v) is 12.4. The predicted octanol–water partition coefficient (Wildman–Crippen LogP) is 2.95. The number of nitrogens with one attached hydrogen (secondary N) is 2. The van der Waals surface area contributed by atoms with Crippen molar-refractivity contribution in [2.24, 2.45) is 5.84 Å². The predicted molar refractivity (Wildman–Crippen MR) is 82.4 cm³/mol. The molecule has 1 heterocycles. The Kier molecular flexibility index (Phi) is 4.70. The minimum absolute atomic E-state index is 0.0784. The van der Waals surface area contributed by atoms with E-state index in [0.29, 0.717) is 29.4 Å². The number of rotatable bonds is 5. The van der Waals surface area contributed by atoms with Gasteiger partial charge in [0.05, 0.1) is 6.04 Å². The zero-order chi connectivity index (χ0) is 15.4. The van der Waals surface area contributed by atoms with E-state index in [2.05, 4.69) is 20.7 Å². The Balaban J connectivity index is 2.22. The van der Waals surface area contributed by atoms with Crippen LogP contribution in [0, 0.1) is 12.7 Å². The summed E-state index contributed by atoms with van der Waals surface area (Å²) >= 11 is 0. The first-order valence-electron chi connectivity index (χ1n) is 6.90. The van der Waals surface area contributed by atoms with E-state index in [-0.39, 0.29) is 11.9 Å². The molecule has 6 heteroatoms. The number of hydrazine groups is 1. The topological polar surface area (TPSA) is 75.9 Å². The lowest BCUT2D eigenvalue weighted by Gasteiger charge is -2.16. The van der Waals surface area contributed by atoms with E-state index in [4.69, 9.17) is 5.84 Å². The lowest BCUT2D eigenvalue weighted by Crippen LogP contribution is -2.14. The van der Waals surface area contributed by atoms with Gasteiger partial charge in [0, 0.05) is 12.5 Å². The highest BCUT2D eigenvalue weighted by Gasteiger charge is 2.10. The summed E-state index contributed by atoms with van der Waals surface area (Å²) in [5.41, 5.74) is 4.01. The lowest BCUT2D eigenvalue weighted by atomic mass is 10.1. The number of nitrogen functional groups attached to an aromatic ring is 1. The first-order chi connectivity index (χ1) is 10.0. The van der Waals surface area contributed by atoms with Crippen molar-refractivity contribution in [1.29, 1.82) is 0 Å². The third kappa shape index (κ3) is 3.66. The van der Waals surface area contributed by atoms with Crippen LogP contribution in [0.15, 0.2) is 24.3 Å². The molecule has 0 radical (unpaired) electrons. The quantitative estimate of drug-likeness (QED) is 0.583. The van der Waals surface area contributed by atoms with Gasteiger partial charge in [0.15, 0.2) is 0 Å². The number of aryl methyl sites for hydroxylation is 2. The molecule has 0 saturated carbocycles. The Labute approximate surface area is 123 Å². The Hall–Kier alpha value is -2.21. The smallest absolute Gasteiger partial charge is 0.145 e. The molecule has 0 amide bonds. The van der Waals surface area contributed by atoms with Gasteiger partial charge in [-0.2, -0.15) is 0 Å². The molecule has 2 rings (SSSR count). The third-order valence-electron chi connectivity index (χ3n) is 3.30. The molecule has 0 spiro atoms. The van der Waals surface area contributed by atoms with Gasteiger partial charge in [-0.25, -0.2) is 20.2 Å². The van der Waals surface area contributed by atoms with Crippen LogP contribution in [-0.2, 0) is 6.42 Å². The standard InChI is InChI=1S/C15H20FN5/c1-4-13-19-14(8-15(20-13)21-17)18-10(3)11-6-5-9(2)12(16)7-11/h5-8,10H,4,17H2,1-3H3,(H2,18,19,20,21). The van der Waals surface area contributed by atoms with Crippen molar-refractivity contribution in [2.75, 3.05) is 10.7 Å². The average Bonchev–Trinajstić information content (AvgIpc) is 2.49. The fourth-order valence-corrected chi connectivity index (χ4v) is 1.99. The summed E-state index contributed by atoms with van der Waals surface area (Å²) in [5, 5.41) is 3.24. The molecular weight excluding hydrogens is 269 g/mol. The third-order valence-corrected chi connectivity index (χ3v) is 3.30. The van der Waals surface area contributed by atoms with Gasteiger partial charge in [-0.05, 0) is 31.0 Å². The highest BCUT2D eigenvalue weighted by atomic mass is 19.1. The summed E-state index contributed by atoms with van der Waals surface area (Å²) in [7, 11) is 0. The van der Waals surface area contributed by atoms with Crippen molar-refractivity contribution in [1.82, 2.24) is 9.97 Å². The molecule has 1 aromatic carbocycles. The van der Waals surface area contributed by atoms with E-state index in [0.717, 1.165) is 5.56 Å². The summed E-state index contributed by atoms with van der Waals surface area (Å²) in [4.78, 5) is 8.62. The normalized spacial score (nSPS) is 12.0. The highest BCUT2D eigenvalue weighted by Crippen LogP contribution is 2.21. The number of nitrogens with zero attached hydrogens (tertiary/aromatic N) is 2. The van der Waals surface area contributed by atoms with Crippen LogP contribution in [0.2, 0.25) is 0 Å². The van der Waals surface area contributed by atoms with Crippen molar-refractivity contribution in [2.45, 2.75) is 33.2 Å². The van der Waals surface area contributed by atoms with Crippen LogP contribution in [0.5, 0.6) is 0 Å². The van der Waals surface area contributed by atoms with Crippen LogP contribution in [-0.4, -0.2) is 9.97 Å². The summed E-state index contributed by atoms with van der Waals surface area (Å²) in [6.07, 6.45) is 0.706. The molecule has 0 aliphatic heterocycles. The molecule has 0 aliphatic carbocycles. The molecular formula is C15H20FN5. The molecule has 1 atom stereocenters. The van der Waals surface area contributed by atoms with Gasteiger partial charge >= 0.3 is 0 Å². The van der Waals surface area contributed by atoms with E-state index in [1.165, 1.54) is 6.07 Å². The summed E-state index contributed by atoms with van der Waals surface area (Å²) in [6, 6.07) is 6.86. The maximum atomic E-state index is 13.6. The minimum Gasteiger partial charge on any atom is -0.363 e. The number of anilines is 2. The second-order valence-electron chi connectivity index (χ2n) is 4.93. The summed E-state index contributed by atoms with van der Waals surface area (Å²) < 4.78 is 13.6. The van der Waals surface area contributed by atoms with Gasteiger partial charge in [0.2, 0.25) is 0 Å². The van der Waals surface area contributed by atoms with Crippen molar-refractivity contribution in [3.8, 4) is 0 Å². The largest absolute Gasteiger partial charge is 0.363 e. The van der Waals surface area contributed by atoms with Gasteiger partial charge in [-0.3, -0.25) is 0 Å².